The third kappa shape index (κ3) is 5.74. The molecule has 31 heavy (non-hydrogen) atoms. The fraction of sp³-hybridized carbons (Fsp3) is 0.364. The van der Waals surface area contributed by atoms with Crippen LogP contribution in [0.2, 0.25) is 0 Å². The Labute approximate surface area is 177 Å². The molecule has 1 N–H and O–H groups in total. The number of hydrogen-bond donors (Lipinski definition) is 1. The Morgan fingerprint density at radius 1 is 1.23 bits per heavy atom. The molecule has 1 heterocycles. The van der Waals surface area contributed by atoms with Crippen LogP contribution in [0.15, 0.2) is 42.5 Å². The van der Waals surface area contributed by atoms with Crippen LogP contribution in [0.5, 0.6) is 5.75 Å². The first kappa shape index (κ1) is 22.6. The summed E-state index contributed by atoms with van der Waals surface area (Å²) in [4.78, 5) is 26.5. The number of alkyl halides is 3. The number of likely N-dealkylation sites (tertiary alicyclic amines) is 1. The third-order valence-corrected chi connectivity index (χ3v) is 5.18. The van der Waals surface area contributed by atoms with E-state index in [1.54, 1.807) is 11.0 Å². The summed E-state index contributed by atoms with van der Waals surface area (Å²) in [6, 6.07) is 9.42. The first-order chi connectivity index (χ1) is 14.7. The maximum absolute atomic E-state index is 13.5. The van der Waals surface area contributed by atoms with Gasteiger partial charge in [-0.3, -0.25) is 9.59 Å². The van der Waals surface area contributed by atoms with Crippen molar-refractivity contribution in [3.05, 3.63) is 65.0 Å². The van der Waals surface area contributed by atoms with E-state index in [4.69, 9.17) is 4.74 Å². The number of nitrogens with one attached hydrogen (secondary N) is 1. The van der Waals surface area contributed by atoms with Crippen molar-refractivity contribution in [1.82, 2.24) is 10.2 Å². The van der Waals surface area contributed by atoms with E-state index in [9.17, 15) is 27.2 Å². The van der Waals surface area contributed by atoms with Gasteiger partial charge in [-0.2, -0.15) is 13.2 Å². The van der Waals surface area contributed by atoms with Crippen LogP contribution in [-0.4, -0.2) is 30.4 Å². The summed E-state index contributed by atoms with van der Waals surface area (Å²) in [6.07, 6.45) is -4.15. The standard InChI is InChI=1S/C22H22F4N2O3/c1-31-19-5-3-2-4-15(19)12-28-13-16(6-7-20(28)29)21(30)27-11-14-8-17(22(24,25)26)10-18(23)9-14/h2-5,8-10,16H,6-7,11-13H2,1H3,(H,27,30)/t16-/m0/s1. The molecule has 0 radical (unpaired) electrons. The second kappa shape index (κ2) is 9.36. The molecule has 1 fully saturated rings. The lowest BCUT2D eigenvalue weighted by atomic mass is 9.96. The van der Waals surface area contributed by atoms with Gasteiger partial charge >= 0.3 is 6.18 Å². The molecule has 0 unspecified atom stereocenters. The highest BCUT2D eigenvalue weighted by molar-refractivity contribution is 5.83. The fourth-order valence-electron chi connectivity index (χ4n) is 3.57. The van der Waals surface area contributed by atoms with Gasteiger partial charge in [0, 0.05) is 31.6 Å². The summed E-state index contributed by atoms with van der Waals surface area (Å²) < 4.78 is 57.4. The molecule has 1 aliphatic heterocycles. The van der Waals surface area contributed by atoms with E-state index >= 15 is 0 Å². The summed E-state index contributed by atoms with van der Waals surface area (Å²) in [7, 11) is 1.53. The number of nitrogens with zero attached hydrogens (tertiary/aromatic N) is 1. The Morgan fingerprint density at radius 3 is 2.68 bits per heavy atom. The van der Waals surface area contributed by atoms with E-state index in [1.165, 1.54) is 7.11 Å². The van der Waals surface area contributed by atoms with Gasteiger partial charge in [-0.25, -0.2) is 4.39 Å². The number of halogens is 4. The molecule has 2 aromatic carbocycles. The second-order valence-corrected chi connectivity index (χ2v) is 7.39. The van der Waals surface area contributed by atoms with Crippen LogP contribution >= 0.6 is 0 Å². The zero-order valence-electron chi connectivity index (χ0n) is 16.8. The van der Waals surface area contributed by atoms with Crippen LogP contribution in [0, 0.1) is 11.7 Å². The molecule has 9 heteroatoms. The lowest BCUT2D eigenvalue weighted by molar-refractivity contribution is -0.139. The minimum atomic E-state index is -4.68. The van der Waals surface area contributed by atoms with Gasteiger partial charge in [0.1, 0.15) is 11.6 Å². The van der Waals surface area contributed by atoms with Crippen molar-refractivity contribution in [3.8, 4) is 5.75 Å². The van der Waals surface area contributed by atoms with Gasteiger partial charge in [0.15, 0.2) is 0 Å². The first-order valence-corrected chi connectivity index (χ1v) is 9.71. The molecule has 1 saturated heterocycles. The number of methoxy groups -OCH3 is 1. The zero-order chi connectivity index (χ0) is 22.6. The molecule has 0 bridgehead atoms. The summed E-state index contributed by atoms with van der Waals surface area (Å²) in [6.45, 7) is 0.224. The van der Waals surface area contributed by atoms with Crippen LogP contribution in [0.4, 0.5) is 17.6 Å². The van der Waals surface area contributed by atoms with Crippen molar-refractivity contribution in [1.29, 1.82) is 0 Å². The van der Waals surface area contributed by atoms with Crippen molar-refractivity contribution < 1.29 is 31.9 Å². The number of piperidine rings is 1. The second-order valence-electron chi connectivity index (χ2n) is 7.39. The molecule has 0 saturated carbocycles. The average Bonchev–Trinajstić information content (AvgIpc) is 2.73. The molecule has 0 aliphatic carbocycles. The molecule has 1 aliphatic rings. The van der Waals surface area contributed by atoms with Crippen LogP contribution < -0.4 is 10.1 Å². The summed E-state index contributed by atoms with van der Waals surface area (Å²) in [5.41, 5.74) is -0.291. The topological polar surface area (TPSA) is 58.6 Å². The highest BCUT2D eigenvalue weighted by atomic mass is 19.4. The number of benzene rings is 2. The van der Waals surface area contributed by atoms with Gasteiger partial charge in [0.05, 0.1) is 18.6 Å². The molecule has 3 rings (SSSR count). The van der Waals surface area contributed by atoms with Gasteiger partial charge in [-0.05, 0) is 36.2 Å². The van der Waals surface area contributed by atoms with Crippen molar-refractivity contribution >= 4 is 11.8 Å². The average molecular weight is 438 g/mol. The van der Waals surface area contributed by atoms with Gasteiger partial charge in [-0.15, -0.1) is 0 Å². The van der Waals surface area contributed by atoms with Crippen LogP contribution in [-0.2, 0) is 28.9 Å². The fourth-order valence-corrected chi connectivity index (χ4v) is 3.57. The lowest BCUT2D eigenvalue weighted by Crippen LogP contribution is -2.45. The largest absolute Gasteiger partial charge is 0.496 e. The van der Waals surface area contributed by atoms with Crippen molar-refractivity contribution in [2.24, 2.45) is 5.92 Å². The minimum Gasteiger partial charge on any atom is -0.496 e. The number of para-hydroxylation sites is 1. The molecule has 0 spiro atoms. The van der Waals surface area contributed by atoms with Crippen molar-refractivity contribution in [3.63, 3.8) is 0 Å². The Balaban J connectivity index is 1.63. The summed E-state index contributed by atoms with van der Waals surface area (Å²) in [5, 5.41) is 2.56. The van der Waals surface area contributed by atoms with Gasteiger partial charge in [-0.1, -0.05) is 18.2 Å². The van der Waals surface area contributed by atoms with E-state index in [0.717, 1.165) is 17.7 Å². The van der Waals surface area contributed by atoms with Gasteiger partial charge in [0.25, 0.3) is 0 Å². The molecular weight excluding hydrogens is 416 g/mol. The smallest absolute Gasteiger partial charge is 0.416 e. The van der Waals surface area contributed by atoms with E-state index in [-0.39, 0.29) is 37.5 Å². The Kier molecular flexibility index (Phi) is 6.82. The quantitative estimate of drug-likeness (QED) is 0.696. The number of amides is 2. The van der Waals surface area contributed by atoms with Crippen molar-refractivity contribution in [2.45, 2.75) is 32.1 Å². The van der Waals surface area contributed by atoms with Gasteiger partial charge < -0.3 is 15.0 Å². The van der Waals surface area contributed by atoms with Crippen LogP contribution in [0.25, 0.3) is 0 Å². The highest BCUT2D eigenvalue weighted by Crippen LogP contribution is 2.30. The molecule has 5 nitrogen and oxygen atoms in total. The van der Waals surface area contributed by atoms with Crippen LogP contribution in [0.3, 0.4) is 0 Å². The molecule has 0 aromatic heterocycles. The normalized spacial score (nSPS) is 16.9. The van der Waals surface area contributed by atoms with Gasteiger partial charge in [0.2, 0.25) is 11.8 Å². The SMILES string of the molecule is COc1ccccc1CN1C[C@@H](C(=O)NCc2cc(F)cc(C(F)(F)F)c2)CCC1=O. The summed E-state index contributed by atoms with van der Waals surface area (Å²) >= 11 is 0. The van der Waals surface area contributed by atoms with E-state index in [2.05, 4.69) is 5.32 Å². The maximum atomic E-state index is 13.5. The zero-order valence-corrected chi connectivity index (χ0v) is 16.8. The van der Waals surface area contributed by atoms with E-state index in [0.29, 0.717) is 18.2 Å². The van der Waals surface area contributed by atoms with Crippen LogP contribution in [0.1, 0.15) is 29.5 Å². The lowest BCUT2D eigenvalue weighted by Gasteiger charge is -2.32. The predicted molar refractivity (Wildman–Crippen MR) is 104 cm³/mol. The Morgan fingerprint density at radius 2 is 1.97 bits per heavy atom. The molecular formula is C22H22F4N2O3. The predicted octanol–water partition coefficient (Wildman–Crippen LogP) is 3.91. The first-order valence-electron chi connectivity index (χ1n) is 9.71. The number of ether oxygens (including phenoxy) is 1. The minimum absolute atomic E-state index is 0.0124. The van der Waals surface area contributed by atoms with E-state index in [1.807, 2.05) is 18.2 Å². The molecule has 166 valence electrons. The maximum Gasteiger partial charge on any atom is 0.416 e. The third-order valence-electron chi connectivity index (χ3n) is 5.18. The van der Waals surface area contributed by atoms with Crippen molar-refractivity contribution in [2.75, 3.05) is 13.7 Å². The highest BCUT2D eigenvalue weighted by Gasteiger charge is 2.32. The number of rotatable bonds is 6. The Bertz CT molecular complexity index is 962. The number of carbonyl (C=O) groups excluding carboxylic acids is 2. The monoisotopic (exact) mass is 438 g/mol. The number of carbonyl (C=O) groups is 2. The number of hydrogen-bond acceptors (Lipinski definition) is 3. The molecule has 1 atom stereocenters. The summed E-state index contributed by atoms with van der Waals surface area (Å²) in [5.74, 6) is -1.38. The molecule has 2 aromatic rings. The Hall–Kier alpha value is -3.10. The molecule has 2 amide bonds. The van der Waals surface area contributed by atoms with E-state index < -0.39 is 29.4 Å².